The monoisotopic (exact) mass is 328 g/mol. The molecule has 0 amide bonds. The van der Waals surface area contributed by atoms with Crippen LogP contribution in [-0.4, -0.2) is 23.8 Å². The summed E-state index contributed by atoms with van der Waals surface area (Å²) in [4.78, 5) is -0.732. The van der Waals surface area contributed by atoms with Gasteiger partial charge < -0.3 is 0 Å². The van der Waals surface area contributed by atoms with E-state index < -0.39 is 32.4 Å². The van der Waals surface area contributed by atoms with Crippen LogP contribution in [0.1, 0.15) is 0 Å². The van der Waals surface area contributed by atoms with Gasteiger partial charge in [-0.1, -0.05) is 0 Å². The summed E-state index contributed by atoms with van der Waals surface area (Å²) >= 11 is 0. The molecule has 0 aliphatic heterocycles. The Morgan fingerprint density at radius 2 is 1.59 bits per heavy atom. The van der Waals surface area contributed by atoms with Gasteiger partial charge in [0.05, 0.1) is 10.6 Å². The minimum absolute atomic E-state index is 0.117. The van der Waals surface area contributed by atoms with Crippen molar-refractivity contribution in [3.63, 3.8) is 0 Å². The Kier molecular flexibility index (Phi) is 3.24. The lowest BCUT2D eigenvalue weighted by molar-refractivity contribution is 0.442. The van der Waals surface area contributed by atoms with Gasteiger partial charge in [0, 0.05) is 0 Å². The van der Waals surface area contributed by atoms with Crippen molar-refractivity contribution in [2.24, 2.45) is 0 Å². The molecule has 2 N–H and O–H groups in total. The van der Waals surface area contributed by atoms with Gasteiger partial charge in [0.25, 0.3) is 10.0 Å². The van der Waals surface area contributed by atoms with E-state index in [0.29, 0.717) is 23.2 Å². The number of benzene rings is 2. The molecule has 6 nitrogen and oxygen atoms in total. The number of anilines is 1. The van der Waals surface area contributed by atoms with Crippen molar-refractivity contribution in [1.82, 2.24) is 15.4 Å². The first-order valence-electron chi connectivity index (χ1n) is 5.85. The van der Waals surface area contributed by atoms with Crippen LogP contribution in [0.25, 0.3) is 11.0 Å². The van der Waals surface area contributed by atoms with Crippen LogP contribution in [0, 0.1) is 17.5 Å². The Balaban J connectivity index is 1.99. The van der Waals surface area contributed by atoms with E-state index in [4.69, 9.17) is 0 Å². The van der Waals surface area contributed by atoms with Gasteiger partial charge in [0.15, 0.2) is 17.5 Å². The smallest absolute Gasteiger partial charge is 0.262 e. The van der Waals surface area contributed by atoms with Crippen LogP contribution in [0.3, 0.4) is 0 Å². The molecule has 22 heavy (non-hydrogen) atoms. The van der Waals surface area contributed by atoms with E-state index in [-0.39, 0.29) is 5.69 Å². The van der Waals surface area contributed by atoms with Crippen LogP contribution in [0.15, 0.2) is 35.2 Å². The van der Waals surface area contributed by atoms with E-state index >= 15 is 0 Å². The molecule has 3 aromatic rings. The maximum absolute atomic E-state index is 13.1. The van der Waals surface area contributed by atoms with Crippen LogP contribution in [0.4, 0.5) is 18.9 Å². The van der Waals surface area contributed by atoms with Gasteiger partial charge in [-0.25, -0.2) is 21.6 Å². The van der Waals surface area contributed by atoms with Gasteiger partial charge >= 0.3 is 0 Å². The average molecular weight is 328 g/mol. The largest absolute Gasteiger partial charge is 0.280 e. The second-order valence-corrected chi connectivity index (χ2v) is 6.02. The fraction of sp³-hybridized carbons (Fsp3) is 0. The summed E-state index contributed by atoms with van der Waals surface area (Å²) in [5.74, 6) is -4.91. The van der Waals surface area contributed by atoms with Crippen molar-refractivity contribution in [3.05, 3.63) is 47.8 Å². The molecule has 3 rings (SSSR count). The van der Waals surface area contributed by atoms with E-state index in [1.54, 1.807) is 0 Å². The minimum atomic E-state index is -4.28. The number of nitrogens with one attached hydrogen (secondary N) is 2. The number of aromatic nitrogens is 3. The zero-order valence-electron chi connectivity index (χ0n) is 10.6. The molecule has 0 atom stereocenters. The third-order valence-corrected chi connectivity index (χ3v) is 4.20. The third-order valence-electron chi connectivity index (χ3n) is 2.84. The summed E-state index contributed by atoms with van der Waals surface area (Å²) in [5, 5.41) is 9.94. The van der Waals surface area contributed by atoms with Crippen molar-refractivity contribution in [3.8, 4) is 0 Å². The molecule has 10 heteroatoms. The van der Waals surface area contributed by atoms with Crippen molar-refractivity contribution >= 4 is 26.7 Å². The molecule has 0 aliphatic rings. The molecule has 0 aliphatic carbocycles. The zero-order chi connectivity index (χ0) is 15.9. The molecule has 1 aromatic heterocycles. The summed E-state index contributed by atoms with van der Waals surface area (Å²) in [5.41, 5.74) is 1.03. The Morgan fingerprint density at radius 1 is 0.955 bits per heavy atom. The normalized spacial score (nSPS) is 11.8. The summed E-state index contributed by atoms with van der Waals surface area (Å²) in [7, 11) is -4.28. The number of aromatic amines is 1. The molecule has 2 aromatic carbocycles. The lowest BCUT2D eigenvalue weighted by atomic mass is 10.3. The average Bonchev–Trinajstić information content (AvgIpc) is 2.91. The van der Waals surface area contributed by atoms with Crippen LogP contribution in [-0.2, 0) is 10.0 Å². The minimum Gasteiger partial charge on any atom is -0.280 e. The topological polar surface area (TPSA) is 87.7 Å². The summed E-state index contributed by atoms with van der Waals surface area (Å²) in [6, 6.07) is 5.08. The highest BCUT2D eigenvalue weighted by Gasteiger charge is 2.20. The number of rotatable bonds is 3. The fourth-order valence-corrected chi connectivity index (χ4v) is 2.88. The Hall–Kier alpha value is -2.62. The lowest BCUT2D eigenvalue weighted by Crippen LogP contribution is -2.14. The summed E-state index contributed by atoms with van der Waals surface area (Å²) in [6.07, 6.45) is 0. The predicted molar refractivity (Wildman–Crippen MR) is 71.0 cm³/mol. The van der Waals surface area contributed by atoms with Gasteiger partial charge in [-0.05, 0) is 30.3 Å². The SMILES string of the molecule is O=S(=O)(Nc1ccc2n[nH]nc2c1)c1cc(F)c(F)c(F)c1. The number of H-pyrrole nitrogens is 1. The number of nitrogens with zero attached hydrogens (tertiary/aromatic N) is 2. The van der Waals surface area contributed by atoms with Gasteiger partial charge in [0.1, 0.15) is 11.0 Å². The van der Waals surface area contributed by atoms with Crippen molar-refractivity contribution in [2.45, 2.75) is 4.90 Å². The van der Waals surface area contributed by atoms with Crippen LogP contribution in [0.2, 0.25) is 0 Å². The fourth-order valence-electron chi connectivity index (χ4n) is 1.81. The van der Waals surface area contributed by atoms with E-state index in [2.05, 4.69) is 20.1 Å². The number of sulfonamides is 1. The molecule has 0 unspecified atom stereocenters. The second-order valence-electron chi connectivity index (χ2n) is 4.33. The molecule has 1 heterocycles. The van der Waals surface area contributed by atoms with Crippen LogP contribution in [0.5, 0.6) is 0 Å². The third kappa shape index (κ3) is 2.48. The first-order chi connectivity index (χ1) is 10.4. The van der Waals surface area contributed by atoms with Gasteiger partial charge in [-0.3, -0.25) is 4.72 Å². The van der Waals surface area contributed by atoms with Crippen molar-refractivity contribution < 1.29 is 21.6 Å². The van der Waals surface area contributed by atoms with E-state index in [0.717, 1.165) is 0 Å². The predicted octanol–water partition coefficient (Wildman–Crippen LogP) is 2.18. The van der Waals surface area contributed by atoms with Crippen molar-refractivity contribution in [2.75, 3.05) is 4.72 Å². The van der Waals surface area contributed by atoms with Crippen LogP contribution >= 0.6 is 0 Å². The molecule has 0 radical (unpaired) electrons. The number of hydrogen-bond acceptors (Lipinski definition) is 4. The second kappa shape index (κ2) is 4.98. The zero-order valence-corrected chi connectivity index (χ0v) is 11.5. The number of halogens is 3. The Bertz CT molecular complexity index is 948. The number of hydrogen-bond donors (Lipinski definition) is 2. The molecule has 0 spiro atoms. The molecule has 0 saturated heterocycles. The standard InChI is InChI=1S/C12H7F3N4O2S/c13-8-4-7(5-9(14)12(8)15)22(20,21)18-6-1-2-10-11(3-6)17-19-16-10/h1-5,18H,(H,16,17,19). The highest BCUT2D eigenvalue weighted by molar-refractivity contribution is 7.92. The van der Waals surface area contributed by atoms with E-state index in [1.165, 1.54) is 18.2 Å². The van der Waals surface area contributed by atoms with Crippen molar-refractivity contribution in [1.29, 1.82) is 0 Å². The molecule has 114 valence electrons. The van der Waals surface area contributed by atoms with Gasteiger partial charge in [-0.15, -0.1) is 0 Å². The Labute approximate surface area is 122 Å². The summed E-state index contributed by atoms with van der Waals surface area (Å²) in [6.45, 7) is 0. The maximum atomic E-state index is 13.1. The van der Waals surface area contributed by atoms with E-state index in [9.17, 15) is 21.6 Å². The molecule has 0 fully saturated rings. The van der Waals surface area contributed by atoms with Gasteiger partial charge in [-0.2, -0.15) is 15.4 Å². The highest BCUT2D eigenvalue weighted by atomic mass is 32.2. The molecular weight excluding hydrogens is 321 g/mol. The quantitative estimate of drug-likeness (QED) is 0.721. The molecule has 0 bridgehead atoms. The maximum Gasteiger partial charge on any atom is 0.262 e. The first kappa shape index (κ1) is 14.3. The number of fused-ring (bicyclic) bond motifs is 1. The summed E-state index contributed by atoms with van der Waals surface area (Å²) < 4.78 is 65.5. The van der Waals surface area contributed by atoms with Gasteiger partial charge in [0.2, 0.25) is 0 Å². The lowest BCUT2D eigenvalue weighted by Gasteiger charge is -2.08. The van der Waals surface area contributed by atoms with Crippen LogP contribution < -0.4 is 4.72 Å². The van der Waals surface area contributed by atoms with E-state index in [1.807, 2.05) is 0 Å². The highest BCUT2D eigenvalue weighted by Crippen LogP contribution is 2.22. The molecule has 0 saturated carbocycles. The first-order valence-corrected chi connectivity index (χ1v) is 7.33. The Morgan fingerprint density at radius 3 is 2.27 bits per heavy atom. The molecular formula is C12H7F3N4O2S.